The van der Waals surface area contributed by atoms with Crippen molar-refractivity contribution in [1.82, 2.24) is 14.5 Å². The Hall–Kier alpha value is -1.93. The SMILES string of the molecule is CS(=O)(=O)N1CCc2ccc(-n3cnc4ccc(Br)nc43)cc21. The third-order valence-corrected chi connectivity index (χ3v) is 5.58. The Morgan fingerprint density at radius 2 is 2.04 bits per heavy atom. The Morgan fingerprint density at radius 3 is 2.83 bits per heavy atom. The molecule has 8 heteroatoms. The summed E-state index contributed by atoms with van der Waals surface area (Å²) >= 11 is 3.37. The van der Waals surface area contributed by atoms with E-state index in [1.165, 1.54) is 10.6 Å². The number of aromatic nitrogens is 3. The number of benzene rings is 1. The van der Waals surface area contributed by atoms with Gasteiger partial charge in [0.15, 0.2) is 5.65 Å². The number of sulfonamides is 1. The van der Waals surface area contributed by atoms with Crippen molar-refractivity contribution in [1.29, 1.82) is 0 Å². The molecule has 1 aliphatic rings. The number of hydrogen-bond donors (Lipinski definition) is 0. The van der Waals surface area contributed by atoms with Gasteiger partial charge in [0.2, 0.25) is 10.0 Å². The van der Waals surface area contributed by atoms with E-state index in [1.54, 1.807) is 6.33 Å². The zero-order valence-electron chi connectivity index (χ0n) is 12.3. The highest BCUT2D eigenvalue weighted by molar-refractivity contribution is 9.10. The molecule has 2 aromatic heterocycles. The summed E-state index contributed by atoms with van der Waals surface area (Å²) in [5.74, 6) is 0. The Bertz CT molecular complexity index is 1030. The van der Waals surface area contributed by atoms with E-state index in [4.69, 9.17) is 0 Å². The number of halogens is 1. The highest BCUT2D eigenvalue weighted by Gasteiger charge is 2.26. The summed E-state index contributed by atoms with van der Waals surface area (Å²) in [5, 5.41) is 0. The molecule has 0 radical (unpaired) electrons. The van der Waals surface area contributed by atoms with Gasteiger partial charge in [-0.15, -0.1) is 0 Å². The van der Waals surface area contributed by atoms with E-state index in [2.05, 4.69) is 25.9 Å². The van der Waals surface area contributed by atoms with E-state index in [0.29, 0.717) is 6.54 Å². The van der Waals surface area contributed by atoms with E-state index in [1.807, 2.05) is 34.9 Å². The summed E-state index contributed by atoms with van der Waals surface area (Å²) in [6.45, 7) is 0.492. The van der Waals surface area contributed by atoms with Gasteiger partial charge in [-0.3, -0.25) is 8.87 Å². The lowest BCUT2D eigenvalue weighted by Crippen LogP contribution is -2.27. The highest BCUT2D eigenvalue weighted by atomic mass is 79.9. The largest absolute Gasteiger partial charge is 0.283 e. The van der Waals surface area contributed by atoms with Crippen molar-refractivity contribution in [2.24, 2.45) is 0 Å². The van der Waals surface area contributed by atoms with Gasteiger partial charge in [-0.05, 0) is 52.2 Å². The molecule has 0 saturated carbocycles. The number of pyridine rings is 1. The molecule has 1 aromatic carbocycles. The maximum Gasteiger partial charge on any atom is 0.232 e. The molecule has 0 fully saturated rings. The van der Waals surface area contributed by atoms with Crippen LogP contribution in [-0.4, -0.2) is 35.8 Å². The van der Waals surface area contributed by atoms with Gasteiger partial charge in [-0.1, -0.05) is 6.07 Å². The first kappa shape index (κ1) is 14.6. The fraction of sp³-hybridized carbons (Fsp3) is 0.200. The topological polar surface area (TPSA) is 68.1 Å². The lowest BCUT2D eigenvalue weighted by molar-refractivity contribution is 0.598. The number of fused-ring (bicyclic) bond motifs is 2. The van der Waals surface area contributed by atoms with Crippen molar-refractivity contribution in [2.45, 2.75) is 6.42 Å². The molecule has 0 aliphatic carbocycles. The van der Waals surface area contributed by atoms with Crippen LogP contribution in [0.1, 0.15) is 5.56 Å². The fourth-order valence-corrected chi connectivity index (χ4v) is 4.14. The van der Waals surface area contributed by atoms with Crippen molar-refractivity contribution in [3.63, 3.8) is 0 Å². The maximum absolute atomic E-state index is 11.9. The second-order valence-electron chi connectivity index (χ2n) is 5.49. The smallest absolute Gasteiger partial charge is 0.232 e. The first-order chi connectivity index (χ1) is 10.9. The average Bonchev–Trinajstić information content (AvgIpc) is 3.08. The molecule has 0 unspecified atom stereocenters. The molecular weight excluding hydrogens is 380 g/mol. The molecule has 23 heavy (non-hydrogen) atoms. The summed E-state index contributed by atoms with van der Waals surface area (Å²) in [4.78, 5) is 8.80. The van der Waals surface area contributed by atoms with Crippen molar-refractivity contribution in [3.8, 4) is 5.69 Å². The van der Waals surface area contributed by atoms with Gasteiger partial charge in [0.1, 0.15) is 16.4 Å². The fourth-order valence-electron chi connectivity index (χ4n) is 2.89. The third kappa shape index (κ3) is 2.42. The Balaban J connectivity index is 1.89. The minimum atomic E-state index is -3.27. The van der Waals surface area contributed by atoms with Crippen LogP contribution in [0.2, 0.25) is 0 Å². The highest BCUT2D eigenvalue weighted by Crippen LogP contribution is 2.32. The van der Waals surface area contributed by atoms with Crippen molar-refractivity contribution >= 4 is 42.8 Å². The number of rotatable bonds is 2. The quantitative estimate of drug-likeness (QED) is 0.628. The second-order valence-corrected chi connectivity index (χ2v) is 8.21. The summed E-state index contributed by atoms with van der Waals surface area (Å²) in [5.41, 5.74) is 4.13. The molecule has 118 valence electrons. The molecule has 0 saturated heterocycles. The summed E-state index contributed by atoms with van der Waals surface area (Å²) in [7, 11) is -3.27. The van der Waals surface area contributed by atoms with Crippen LogP contribution in [-0.2, 0) is 16.4 Å². The van der Waals surface area contributed by atoms with Crippen molar-refractivity contribution < 1.29 is 8.42 Å². The Labute approximate surface area is 142 Å². The van der Waals surface area contributed by atoms with E-state index in [-0.39, 0.29) is 0 Å². The average molecular weight is 393 g/mol. The van der Waals surface area contributed by atoms with E-state index in [0.717, 1.165) is 39.1 Å². The van der Waals surface area contributed by atoms with Gasteiger partial charge in [0.25, 0.3) is 0 Å². The van der Waals surface area contributed by atoms with E-state index < -0.39 is 10.0 Å². The van der Waals surface area contributed by atoms with Crippen LogP contribution < -0.4 is 4.31 Å². The van der Waals surface area contributed by atoms with Gasteiger partial charge < -0.3 is 0 Å². The molecule has 0 amide bonds. The molecule has 0 atom stereocenters. The zero-order chi connectivity index (χ0) is 16.2. The maximum atomic E-state index is 11.9. The lowest BCUT2D eigenvalue weighted by Gasteiger charge is -2.17. The first-order valence-electron chi connectivity index (χ1n) is 7.04. The second kappa shape index (κ2) is 5.04. The van der Waals surface area contributed by atoms with Crippen LogP contribution in [0, 0.1) is 0 Å². The minimum absolute atomic E-state index is 0.492. The standard InChI is InChI=1S/C15H13BrN4O2S/c1-23(21,22)20-7-6-10-2-3-11(8-13(10)20)19-9-17-12-4-5-14(16)18-15(12)19/h2-5,8-9H,6-7H2,1H3. The number of anilines is 1. The molecule has 3 aromatic rings. The monoisotopic (exact) mass is 392 g/mol. The van der Waals surface area contributed by atoms with Crippen LogP contribution in [0.4, 0.5) is 5.69 Å². The lowest BCUT2D eigenvalue weighted by atomic mass is 10.1. The van der Waals surface area contributed by atoms with Crippen LogP contribution in [0.5, 0.6) is 0 Å². The van der Waals surface area contributed by atoms with Crippen LogP contribution in [0.15, 0.2) is 41.3 Å². The van der Waals surface area contributed by atoms with Gasteiger partial charge in [-0.25, -0.2) is 18.4 Å². The predicted octanol–water partition coefficient (Wildman–Crippen LogP) is 2.51. The first-order valence-corrected chi connectivity index (χ1v) is 9.68. The van der Waals surface area contributed by atoms with Crippen LogP contribution in [0.3, 0.4) is 0 Å². The number of nitrogens with zero attached hydrogens (tertiary/aromatic N) is 4. The van der Waals surface area contributed by atoms with E-state index >= 15 is 0 Å². The van der Waals surface area contributed by atoms with Gasteiger partial charge in [0.05, 0.1) is 17.6 Å². The third-order valence-electron chi connectivity index (χ3n) is 3.96. The van der Waals surface area contributed by atoms with Gasteiger partial charge in [-0.2, -0.15) is 0 Å². The molecule has 1 aliphatic heterocycles. The zero-order valence-corrected chi connectivity index (χ0v) is 14.7. The minimum Gasteiger partial charge on any atom is -0.283 e. The molecule has 0 spiro atoms. The molecule has 0 N–H and O–H groups in total. The summed E-state index contributed by atoms with van der Waals surface area (Å²) in [6.07, 6.45) is 3.67. The van der Waals surface area contributed by atoms with Crippen LogP contribution in [0.25, 0.3) is 16.9 Å². The molecular formula is C15H13BrN4O2S. The van der Waals surface area contributed by atoms with Gasteiger partial charge >= 0.3 is 0 Å². The molecule has 6 nitrogen and oxygen atoms in total. The number of hydrogen-bond acceptors (Lipinski definition) is 4. The normalized spacial score (nSPS) is 14.4. The van der Waals surface area contributed by atoms with E-state index in [9.17, 15) is 8.42 Å². The molecule has 4 rings (SSSR count). The summed E-state index contributed by atoms with van der Waals surface area (Å²) < 4.78 is 27.9. The Morgan fingerprint density at radius 1 is 1.22 bits per heavy atom. The Kier molecular flexibility index (Phi) is 3.21. The molecule has 3 heterocycles. The van der Waals surface area contributed by atoms with Crippen LogP contribution >= 0.6 is 15.9 Å². The van der Waals surface area contributed by atoms with Crippen molar-refractivity contribution in [2.75, 3.05) is 17.1 Å². The predicted molar refractivity (Wildman–Crippen MR) is 92.5 cm³/mol. The number of imidazole rings is 1. The van der Waals surface area contributed by atoms with Gasteiger partial charge in [0, 0.05) is 6.54 Å². The molecule has 0 bridgehead atoms. The van der Waals surface area contributed by atoms with Crippen molar-refractivity contribution in [3.05, 3.63) is 46.8 Å². The summed E-state index contributed by atoms with van der Waals surface area (Å²) in [6, 6.07) is 9.55.